The molecule has 0 spiro atoms. The summed E-state index contributed by atoms with van der Waals surface area (Å²) in [6.07, 6.45) is 1.40. The van der Waals surface area contributed by atoms with Gasteiger partial charge in [-0.25, -0.2) is 17.1 Å². The number of nitrogens with zero attached hydrogens (tertiary/aromatic N) is 1. The van der Waals surface area contributed by atoms with Crippen molar-refractivity contribution in [2.24, 2.45) is 5.92 Å². The average Bonchev–Trinajstić information content (AvgIpc) is 2.42. The zero-order chi connectivity index (χ0) is 16.8. The first-order valence-corrected chi connectivity index (χ1v) is 9.03. The van der Waals surface area contributed by atoms with Crippen LogP contribution in [0.3, 0.4) is 0 Å². The second kappa shape index (κ2) is 8.24. The van der Waals surface area contributed by atoms with Gasteiger partial charge in [0.25, 0.3) is 0 Å². The van der Waals surface area contributed by atoms with Crippen LogP contribution in [0.25, 0.3) is 0 Å². The molecule has 22 heavy (non-hydrogen) atoms. The van der Waals surface area contributed by atoms with Crippen LogP contribution in [-0.4, -0.2) is 44.5 Å². The molecule has 7 heteroatoms. The molecule has 0 heterocycles. The van der Waals surface area contributed by atoms with Gasteiger partial charge in [0, 0.05) is 25.6 Å². The van der Waals surface area contributed by atoms with Crippen LogP contribution in [0.4, 0.5) is 4.39 Å². The van der Waals surface area contributed by atoms with E-state index in [-0.39, 0.29) is 43.7 Å². The Morgan fingerprint density at radius 2 is 1.91 bits per heavy atom. The van der Waals surface area contributed by atoms with Crippen molar-refractivity contribution in [1.29, 1.82) is 0 Å². The van der Waals surface area contributed by atoms with Gasteiger partial charge >= 0.3 is 0 Å². The number of halogens is 1. The van der Waals surface area contributed by atoms with E-state index in [1.807, 2.05) is 0 Å². The molecule has 1 amide bonds. The molecule has 0 aromatic heterocycles. The molecule has 0 aliphatic rings. The van der Waals surface area contributed by atoms with Gasteiger partial charge in [-0.2, -0.15) is 0 Å². The number of sulfonamides is 1. The molecule has 1 N–H and O–H groups in total. The van der Waals surface area contributed by atoms with E-state index < -0.39 is 10.0 Å². The molecule has 0 saturated carbocycles. The number of benzene rings is 1. The normalized spacial score (nSPS) is 11.9. The highest BCUT2D eigenvalue weighted by atomic mass is 32.2. The predicted molar refractivity (Wildman–Crippen MR) is 84.4 cm³/mol. The van der Waals surface area contributed by atoms with Gasteiger partial charge in [-0.3, -0.25) is 4.79 Å². The predicted octanol–water partition coefficient (Wildman–Crippen LogP) is 1.40. The molecule has 0 atom stereocenters. The summed E-state index contributed by atoms with van der Waals surface area (Å²) in [6.45, 7) is 4.12. The molecule has 1 aromatic carbocycles. The summed E-state index contributed by atoms with van der Waals surface area (Å²) in [5.41, 5.74) is 0.474. The van der Waals surface area contributed by atoms with E-state index in [9.17, 15) is 17.6 Å². The van der Waals surface area contributed by atoms with E-state index in [0.717, 1.165) is 6.26 Å². The van der Waals surface area contributed by atoms with Gasteiger partial charge in [-0.1, -0.05) is 32.0 Å². The zero-order valence-electron chi connectivity index (χ0n) is 13.2. The second-order valence-corrected chi connectivity index (χ2v) is 7.43. The lowest BCUT2D eigenvalue weighted by molar-refractivity contribution is -0.123. The third kappa shape index (κ3) is 6.11. The van der Waals surface area contributed by atoms with Gasteiger partial charge in [0.05, 0.1) is 6.26 Å². The largest absolute Gasteiger partial charge is 0.355 e. The van der Waals surface area contributed by atoms with E-state index in [1.165, 1.54) is 10.4 Å². The summed E-state index contributed by atoms with van der Waals surface area (Å²) in [5, 5.41) is 2.68. The molecule has 124 valence electrons. The van der Waals surface area contributed by atoms with Gasteiger partial charge in [0.1, 0.15) is 5.82 Å². The first kappa shape index (κ1) is 18.6. The smallest absolute Gasteiger partial charge is 0.222 e. The van der Waals surface area contributed by atoms with Crippen LogP contribution in [-0.2, 0) is 21.2 Å². The molecule has 0 aliphatic carbocycles. The van der Waals surface area contributed by atoms with E-state index in [2.05, 4.69) is 5.32 Å². The van der Waals surface area contributed by atoms with E-state index in [0.29, 0.717) is 5.56 Å². The Hall–Kier alpha value is -1.47. The Labute approximate surface area is 131 Å². The Bertz CT molecular complexity index is 603. The fourth-order valence-electron chi connectivity index (χ4n) is 1.90. The number of hydrogen-bond acceptors (Lipinski definition) is 3. The topological polar surface area (TPSA) is 66.5 Å². The fraction of sp³-hybridized carbons (Fsp3) is 0.533. The molecule has 1 rings (SSSR count). The Morgan fingerprint density at radius 3 is 2.45 bits per heavy atom. The molecule has 0 saturated heterocycles. The van der Waals surface area contributed by atoms with E-state index in [1.54, 1.807) is 32.0 Å². The third-order valence-corrected chi connectivity index (χ3v) is 4.55. The van der Waals surface area contributed by atoms with Crippen LogP contribution in [0.2, 0.25) is 0 Å². The quantitative estimate of drug-likeness (QED) is 0.783. The minimum Gasteiger partial charge on any atom is -0.355 e. The third-order valence-electron chi connectivity index (χ3n) is 3.24. The number of carbonyl (C=O) groups excluding carboxylic acids is 1. The molecule has 1 aromatic rings. The maximum atomic E-state index is 13.6. The molecular formula is C15H23FN2O3S. The van der Waals surface area contributed by atoms with Crippen LogP contribution < -0.4 is 5.32 Å². The molecule has 0 unspecified atom stereocenters. The maximum absolute atomic E-state index is 13.6. The van der Waals surface area contributed by atoms with Crippen molar-refractivity contribution >= 4 is 15.9 Å². The molecular weight excluding hydrogens is 307 g/mol. The summed E-state index contributed by atoms with van der Waals surface area (Å²) in [7, 11) is -3.41. The monoisotopic (exact) mass is 330 g/mol. The number of amides is 1. The highest BCUT2D eigenvalue weighted by Gasteiger charge is 2.17. The maximum Gasteiger partial charge on any atom is 0.222 e. The number of hydrogen-bond donors (Lipinski definition) is 1. The van der Waals surface area contributed by atoms with Crippen molar-refractivity contribution < 1.29 is 17.6 Å². The lowest BCUT2D eigenvalue weighted by atomic mass is 10.1. The second-order valence-electron chi connectivity index (χ2n) is 5.45. The van der Waals surface area contributed by atoms with Crippen LogP contribution in [0, 0.1) is 11.7 Å². The summed E-state index contributed by atoms with van der Waals surface area (Å²) >= 11 is 0. The Morgan fingerprint density at radius 1 is 1.27 bits per heavy atom. The van der Waals surface area contributed by atoms with Crippen molar-refractivity contribution in [1.82, 2.24) is 9.62 Å². The Kier molecular flexibility index (Phi) is 6.96. The number of nitrogens with one attached hydrogen (secondary N) is 1. The van der Waals surface area contributed by atoms with E-state index >= 15 is 0 Å². The van der Waals surface area contributed by atoms with Crippen molar-refractivity contribution in [3.05, 3.63) is 35.6 Å². The SMILES string of the molecule is CC(C)C(=O)NCCN(CCc1ccccc1F)S(C)(=O)=O. The minimum absolute atomic E-state index is 0.123. The van der Waals surface area contributed by atoms with Crippen molar-refractivity contribution in [3.8, 4) is 0 Å². The molecule has 0 fully saturated rings. The van der Waals surface area contributed by atoms with Gasteiger partial charge in [0.15, 0.2) is 0 Å². The summed E-state index contributed by atoms with van der Waals surface area (Å²) in [6, 6.07) is 6.29. The van der Waals surface area contributed by atoms with Crippen molar-refractivity contribution in [2.75, 3.05) is 25.9 Å². The lowest BCUT2D eigenvalue weighted by Gasteiger charge is -2.20. The Balaban J connectivity index is 2.59. The zero-order valence-corrected chi connectivity index (χ0v) is 14.0. The van der Waals surface area contributed by atoms with Crippen LogP contribution in [0.1, 0.15) is 19.4 Å². The molecule has 0 bridgehead atoms. The van der Waals surface area contributed by atoms with Gasteiger partial charge in [-0.05, 0) is 18.1 Å². The summed E-state index contributed by atoms with van der Waals surface area (Å²) in [5.74, 6) is -0.614. The molecule has 0 aliphatic heterocycles. The summed E-state index contributed by atoms with van der Waals surface area (Å²) in [4.78, 5) is 11.5. The van der Waals surface area contributed by atoms with Gasteiger partial charge in [0.2, 0.25) is 15.9 Å². The van der Waals surface area contributed by atoms with Crippen LogP contribution in [0.5, 0.6) is 0 Å². The van der Waals surface area contributed by atoms with Crippen LogP contribution >= 0.6 is 0 Å². The van der Waals surface area contributed by atoms with Gasteiger partial charge in [-0.15, -0.1) is 0 Å². The van der Waals surface area contributed by atoms with Crippen molar-refractivity contribution in [3.63, 3.8) is 0 Å². The average molecular weight is 330 g/mol. The molecule has 5 nitrogen and oxygen atoms in total. The summed E-state index contributed by atoms with van der Waals surface area (Å²) < 4.78 is 38.3. The first-order valence-electron chi connectivity index (χ1n) is 7.18. The fourth-order valence-corrected chi connectivity index (χ4v) is 2.74. The van der Waals surface area contributed by atoms with E-state index in [4.69, 9.17) is 0 Å². The number of carbonyl (C=O) groups is 1. The highest BCUT2D eigenvalue weighted by Crippen LogP contribution is 2.09. The minimum atomic E-state index is -3.41. The lowest BCUT2D eigenvalue weighted by Crippen LogP contribution is -2.40. The molecule has 0 radical (unpaired) electrons. The van der Waals surface area contributed by atoms with Crippen LogP contribution in [0.15, 0.2) is 24.3 Å². The van der Waals surface area contributed by atoms with Crippen molar-refractivity contribution in [2.45, 2.75) is 20.3 Å². The number of rotatable bonds is 8. The first-order chi connectivity index (χ1) is 10.2. The highest BCUT2D eigenvalue weighted by molar-refractivity contribution is 7.88. The standard InChI is InChI=1S/C15H23FN2O3S/c1-12(2)15(19)17-9-11-18(22(3,20)21)10-8-13-6-4-5-7-14(13)16/h4-7,12H,8-11H2,1-3H3,(H,17,19). The van der Waals surface area contributed by atoms with Gasteiger partial charge < -0.3 is 5.32 Å².